The Balaban J connectivity index is 2.03. The highest BCUT2D eigenvalue weighted by molar-refractivity contribution is 6.32. The maximum Gasteiger partial charge on any atom is 0.357 e. The molecule has 0 aliphatic heterocycles. The second-order valence-corrected chi connectivity index (χ2v) is 4.78. The summed E-state index contributed by atoms with van der Waals surface area (Å²) in [5, 5.41) is 4.57. The van der Waals surface area contributed by atoms with Crippen molar-refractivity contribution in [1.82, 2.24) is 14.8 Å². The van der Waals surface area contributed by atoms with E-state index in [0.29, 0.717) is 16.6 Å². The Hall–Kier alpha value is -2.80. The summed E-state index contributed by atoms with van der Waals surface area (Å²) < 4.78 is 16.8. The van der Waals surface area contributed by atoms with Gasteiger partial charge in [-0.2, -0.15) is 0 Å². The average molecular weight is 334 g/mol. The molecule has 118 valence electrons. The van der Waals surface area contributed by atoms with E-state index in [2.05, 4.69) is 10.1 Å². The van der Waals surface area contributed by atoms with Gasteiger partial charge in [-0.3, -0.25) is 0 Å². The molecule has 3 aromatic rings. The van der Waals surface area contributed by atoms with Gasteiger partial charge in [-0.05, 0) is 19.1 Å². The zero-order valence-electron chi connectivity index (χ0n) is 12.1. The van der Waals surface area contributed by atoms with Crippen LogP contribution in [-0.2, 0) is 4.74 Å². The molecule has 3 aromatic heterocycles. The molecule has 3 heterocycles. The number of aromatic nitrogens is 3. The Bertz CT molecular complexity index is 814. The molecule has 0 aliphatic carbocycles. The molecule has 0 radical (unpaired) electrons. The lowest BCUT2D eigenvalue weighted by molar-refractivity contribution is 0.0515. The van der Waals surface area contributed by atoms with E-state index in [-0.39, 0.29) is 18.2 Å². The summed E-state index contributed by atoms with van der Waals surface area (Å²) in [6.45, 7) is 1.95. The van der Waals surface area contributed by atoms with Gasteiger partial charge in [0.05, 0.1) is 17.9 Å². The first kappa shape index (κ1) is 15.1. The summed E-state index contributed by atoms with van der Waals surface area (Å²) in [4.78, 5) is 16.3. The third-order valence-electron chi connectivity index (χ3n) is 2.83. The summed E-state index contributed by atoms with van der Waals surface area (Å²) in [5.41, 5.74) is 0.158. The Kier molecular flexibility index (Phi) is 4.29. The van der Waals surface area contributed by atoms with E-state index in [9.17, 15) is 4.79 Å². The third-order valence-corrected chi connectivity index (χ3v) is 3.12. The van der Waals surface area contributed by atoms with Crippen LogP contribution in [0.1, 0.15) is 17.4 Å². The van der Waals surface area contributed by atoms with Gasteiger partial charge in [-0.1, -0.05) is 11.6 Å². The molecule has 3 rings (SSSR count). The van der Waals surface area contributed by atoms with Gasteiger partial charge in [0.15, 0.2) is 17.3 Å². The van der Waals surface area contributed by atoms with E-state index >= 15 is 0 Å². The van der Waals surface area contributed by atoms with Crippen molar-refractivity contribution in [3.63, 3.8) is 0 Å². The highest BCUT2D eigenvalue weighted by Gasteiger charge is 2.21. The predicted octanol–water partition coefficient (Wildman–Crippen LogP) is 3.48. The minimum atomic E-state index is -0.552. The van der Waals surface area contributed by atoms with Crippen LogP contribution in [0.3, 0.4) is 0 Å². The number of carbonyl (C=O) groups is 1. The molecule has 0 aromatic carbocycles. The van der Waals surface area contributed by atoms with Gasteiger partial charge >= 0.3 is 5.97 Å². The van der Waals surface area contributed by atoms with Crippen molar-refractivity contribution in [3.8, 4) is 17.4 Å². The first-order valence-corrected chi connectivity index (χ1v) is 7.15. The van der Waals surface area contributed by atoms with E-state index in [0.717, 1.165) is 0 Å². The first-order chi connectivity index (χ1) is 11.2. The fourth-order valence-corrected chi connectivity index (χ4v) is 2.09. The number of hydrogen-bond acceptors (Lipinski definition) is 6. The Labute approximate surface area is 136 Å². The van der Waals surface area contributed by atoms with Crippen molar-refractivity contribution in [2.75, 3.05) is 6.61 Å². The number of hydrogen-bond donors (Lipinski definition) is 0. The molecule has 0 spiro atoms. The van der Waals surface area contributed by atoms with Crippen LogP contribution >= 0.6 is 11.6 Å². The molecular weight excluding hydrogens is 322 g/mol. The number of nitrogens with zero attached hydrogens (tertiary/aromatic N) is 3. The fraction of sp³-hybridized carbons (Fsp3) is 0.133. The average Bonchev–Trinajstić information content (AvgIpc) is 3.18. The van der Waals surface area contributed by atoms with E-state index in [1.165, 1.54) is 23.3 Å². The van der Waals surface area contributed by atoms with Crippen LogP contribution in [0.5, 0.6) is 11.6 Å². The quantitative estimate of drug-likeness (QED) is 0.665. The molecule has 7 nitrogen and oxygen atoms in total. The third kappa shape index (κ3) is 3.19. The van der Waals surface area contributed by atoms with Crippen molar-refractivity contribution in [1.29, 1.82) is 0 Å². The van der Waals surface area contributed by atoms with Crippen LogP contribution in [0, 0.1) is 0 Å². The number of pyridine rings is 1. The van der Waals surface area contributed by atoms with Crippen molar-refractivity contribution < 1.29 is 18.7 Å². The Morgan fingerprint density at radius 3 is 3.00 bits per heavy atom. The van der Waals surface area contributed by atoms with Crippen molar-refractivity contribution >= 4 is 17.6 Å². The van der Waals surface area contributed by atoms with E-state index in [1.54, 1.807) is 31.3 Å². The number of ether oxygens (including phenoxy) is 2. The number of rotatable bonds is 5. The van der Waals surface area contributed by atoms with E-state index in [4.69, 9.17) is 25.5 Å². The van der Waals surface area contributed by atoms with Crippen LogP contribution in [0.15, 0.2) is 47.4 Å². The minimum Gasteiger partial charge on any atom is -0.469 e. The van der Waals surface area contributed by atoms with Crippen LogP contribution in [0.25, 0.3) is 5.82 Å². The number of furan rings is 1. The lowest BCUT2D eigenvalue weighted by Crippen LogP contribution is -2.13. The van der Waals surface area contributed by atoms with Crippen molar-refractivity contribution in [3.05, 3.63) is 53.7 Å². The second kappa shape index (κ2) is 6.53. The highest BCUT2D eigenvalue weighted by atomic mass is 35.5. The number of carbonyl (C=O) groups excluding carboxylic acids is 1. The summed E-state index contributed by atoms with van der Waals surface area (Å²) in [5.74, 6) is 0.399. The van der Waals surface area contributed by atoms with Crippen molar-refractivity contribution in [2.24, 2.45) is 0 Å². The van der Waals surface area contributed by atoms with Gasteiger partial charge in [0, 0.05) is 18.3 Å². The molecule has 23 heavy (non-hydrogen) atoms. The smallest absolute Gasteiger partial charge is 0.357 e. The number of esters is 1. The summed E-state index contributed by atoms with van der Waals surface area (Å²) in [6.07, 6.45) is 4.43. The summed E-state index contributed by atoms with van der Waals surface area (Å²) in [7, 11) is 0. The summed E-state index contributed by atoms with van der Waals surface area (Å²) in [6, 6.07) is 6.41. The summed E-state index contributed by atoms with van der Waals surface area (Å²) >= 11 is 6.13. The second-order valence-electron chi connectivity index (χ2n) is 4.37. The zero-order chi connectivity index (χ0) is 16.2. The normalized spacial score (nSPS) is 10.5. The number of halogens is 1. The molecule has 0 unspecified atom stereocenters. The topological polar surface area (TPSA) is 79.4 Å². The molecule has 0 saturated heterocycles. The lowest BCUT2D eigenvalue weighted by Gasteiger charge is -2.06. The molecule has 0 atom stereocenters. The molecule has 0 saturated carbocycles. The van der Waals surface area contributed by atoms with Gasteiger partial charge in [-0.15, -0.1) is 5.10 Å². The molecule has 0 bridgehead atoms. The van der Waals surface area contributed by atoms with Crippen molar-refractivity contribution in [2.45, 2.75) is 6.92 Å². The fourth-order valence-electron chi connectivity index (χ4n) is 1.89. The zero-order valence-corrected chi connectivity index (χ0v) is 12.9. The van der Waals surface area contributed by atoms with Gasteiger partial charge in [0.2, 0.25) is 5.88 Å². The molecule has 0 fully saturated rings. The highest BCUT2D eigenvalue weighted by Crippen LogP contribution is 2.25. The maximum atomic E-state index is 12.1. The van der Waals surface area contributed by atoms with Crippen LogP contribution < -0.4 is 4.74 Å². The van der Waals surface area contributed by atoms with E-state index in [1.807, 2.05) is 0 Å². The molecule has 0 N–H and O–H groups in total. The van der Waals surface area contributed by atoms with Crippen LogP contribution in [0.4, 0.5) is 0 Å². The first-order valence-electron chi connectivity index (χ1n) is 6.77. The van der Waals surface area contributed by atoms with Crippen LogP contribution in [-0.4, -0.2) is 27.3 Å². The standard InChI is InChI=1S/C15H12ClN3O4/c1-2-22-15(20)12-8-13(23-10-5-7-21-9-10)18-19(12)14-11(16)4-3-6-17-14/h3-9H,2H2,1H3. The van der Waals surface area contributed by atoms with E-state index < -0.39 is 5.97 Å². The Morgan fingerprint density at radius 1 is 1.43 bits per heavy atom. The molecule has 0 amide bonds. The van der Waals surface area contributed by atoms with Gasteiger partial charge in [-0.25, -0.2) is 14.5 Å². The minimum absolute atomic E-state index is 0.158. The van der Waals surface area contributed by atoms with Gasteiger partial charge in [0.25, 0.3) is 0 Å². The Morgan fingerprint density at radius 2 is 2.30 bits per heavy atom. The largest absolute Gasteiger partial charge is 0.469 e. The van der Waals surface area contributed by atoms with Gasteiger partial charge in [0.1, 0.15) is 6.26 Å². The van der Waals surface area contributed by atoms with Crippen LogP contribution in [0.2, 0.25) is 5.02 Å². The molecule has 8 heteroatoms. The maximum absolute atomic E-state index is 12.1. The molecule has 0 aliphatic rings. The monoisotopic (exact) mass is 333 g/mol. The molecular formula is C15H12ClN3O4. The SMILES string of the molecule is CCOC(=O)c1cc(Oc2ccoc2)nn1-c1ncccc1Cl. The lowest BCUT2D eigenvalue weighted by atomic mass is 10.4. The van der Waals surface area contributed by atoms with Gasteiger partial charge < -0.3 is 13.9 Å². The predicted molar refractivity (Wildman–Crippen MR) is 81.1 cm³/mol.